The Balaban J connectivity index is 1.75. The minimum Gasteiger partial charge on any atom is -0.493 e. The van der Waals surface area contributed by atoms with Crippen LogP contribution in [0.2, 0.25) is 0 Å². The van der Waals surface area contributed by atoms with Gasteiger partial charge in [-0.2, -0.15) is 0 Å². The fourth-order valence-electron chi connectivity index (χ4n) is 4.78. The Kier molecular flexibility index (Phi) is 14.4. The highest BCUT2D eigenvalue weighted by atomic mass is 32.1. The average Bonchev–Trinajstić information content (AvgIpc) is 3.54. The Morgan fingerprint density at radius 3 is 2.24 bits per heavy atom. The summed E-state index contributed by atoms with van der Waals surface area (Å²) in [6, 6.07) is 17.7. The van der Waals surface area contributed by atoms with Crippen LogP contribution in [0.25, 0.3) is 0 Å². The molecule has 0 spiro atoms. The predicted octanol–water partition coefficient (Wildman–Crippen LogP) is 6.64. The molecule has 0 fully saturated rings. The number of hydrogen-bond donors (Lipinski definition) is 0. The van der Waals surface area contributed by atoms with Gasteiger partial charge < -0.3 is 24.0 Å². The molecule has 0 saturated heterocycles. The van der Waals surface area contributed by atoms with Crippen molar-refractivity contribution >= 4 is 23.2 Å². The van der Waals surface area contributed by atoms with Crippen LogP contribution < -0.4 is 9.47 Å². The SMILES string of the molecule is CCCCCc1ccc(C(=O)N(CCCOCC)CC(=O)N(CCc2ccc(OC)c(OC)c2)Cc2cccs2)cc1. The summed E-state index contributed by atoms with van der Waals surface area (Å²) in [5, 5.41) is 2.02. The fourth-order valence-corrected chi connectivity index (χ4v) is 5.50. The molecule has 2 amide bonds. The normalized spacial score (nSPS) is 10.9. The number of unbranched alkanes of at least 4 members (excludes halogenated alkanes) is 2. The zero-order valence-corrected chi connectivity index (χ0v) is 26.4. The molecule has 0 aliphatic heterocycles. The van der Waals surface area contributed by atoms with E-state index in [1.54, 1.807) is 30.5 Å². The lowest BCUT2D eigenvalue weighted by atomic mass is 10.0. The maximum atomic E-state index is 13.8. The van der Waals surface area contributed by atoms with Crippen LogP contribution in [0.5, 0.6) is 11.5 Å². The molecule has 0 atom stereocenters. The maximum absolute atomic E-state index is 13.8. The lowest BCUT2D eigenvalue weighted by molar-refractivity contribution is -0.132. The van der Waals surface area contributed by atoms with E-state index in [1.165, 1.54) is 18.4 Å². The van der Waals surface area contributed by atoms with Gasteiger partial charge in [-0.1, -0.05) is 44.0 Å². The summed E-state index contributed by atoms with van der Waals surface area (Å²) in [7, 11) is 3.23. The molecule has 0 aliphatic carbocycles. The molecular weight excluding hydrogens is 548 g/mol. The summed E-state index contributed by atoms with van der Waals surface area (Å²) >= 11 is 1.62. The Morgan fingerprint density at radius 1 is 0.810 bits per heavy atom. The van der Waals surface area contributed by atoms with Gasteiger partial charge in [0.05, 0.1) is 20.8 Å². The summed E-state index contributed by atoms with van der Waals surface area (Å²) in [5.41, 5.74) is 2.88. The van der Waals surface area contributed by atoms with Gasteiger partial charge in [-0.15, -0.1) is 11.3 Å². The number of benzene rings is 2. The molecule has 1 aromatic heterocycles. The van der Waals surface area contributed by atoms with Gasteiger partial charge >= 0.3 is 0 Å². The minimum absolute atomic E-state index is 0.0144. The van der Waals surface area contributed by atoms with Gasteiger partial charge in [-0.05, 0) is 79.4 Å². The molecule has 0 saturated carbocycles. The first-order valence-corrected chi connectivity index (χ1v) is 15.8. The van der Waals surface area contributed by atoms with E-state index in [0.29, 0.717) is 62.8 Å². The zero-order valence-electron chi connectivity index (χ0n) is 25.6. The van der Waals surface area contributed by atoms with Gasteiger partial charge in [0.15, 0.2) is 11.5 Å². The summed E-state index contributed by atoms with van der Waals surface area (Å²) in [5.74, 6) is 1.12. The molecule has 0 radical (unpaired) electrons. The maximum Gasteiger partial charge on any atom is 0.254 e. The molecule has 228 valence electrons. The second-order valence-corrected chi connectivity index (χ2v) is 11.3. The van der Waals surface area contributed by atoms with Gasteiger partial charge in [0.2, 0.25) is 5.91 Å². The molecule has 0 unspecified atom stereocenters. The number of ether oxygens (including phenoxy) is 3. The predicted molar refractivity (Wildman–Crippen MR) is 170 cm³/mol. The Bertz CT molecular complexity index is 1210. The van der Waals surface area contributed by atoms with E-state index in [1.807, 2.05) is 71.8 Å². The summed E-state index contributed by atoms with van der Waals surface area (Å²) in [6.07, 6.45) is 5.85. The number of thiophene rings is 1. The van der Waals surface area contributed by atoms with Crippen LogP contribution in [0.1, 0.15) is 65.9 Å². The van der Waals surface area contributed by atoms with Gasteiger partial charge in [0, 0.05) is 36.7 Å². The summed E-state index contributed by atoms with van der Waals surface area (Å²) in [6.45, 7) is 6.79. The number of carbonyl (C=O) groups excluding carboxylic acids is 2. The minimum atomic E-state index is -0.129. The van der Waals surface area contributed by atoms with E-state index < -0.39 is 0 Å². The quantitative estimate of drug-likeness (QED) is 0.146. The van der Waals surface area contributed by atoms with Crippen molar-refractivity contribution in [3.8, 4) is 11.5 Å². The molecule has 0 aliphatic rings. The molecular formula is C34H46N2O5S. The van der Waals surface area contributed by atoms with Crippen LogP contribution >= 0.6 is 11.3 Å². The number of nitrogens with zero attached hydrogens (tertiary/aromatic N) is 2. The Hall–Kier alpha value is -3.36. The van der Waals surface area contributed by atoms with Crippen LogP contribution in [0.3, 0.4) is 0 Å². The van der Waals surface area contributed by atoms with Gasteiger partial charge in [-0.3, -0.25) is 9.59 Å². The van der Waals surface area contributed by atoms with Crippen LogP contribution in [-0.4, -0.2) is 68.7 Å². The van der Waals surface area contributed by atoms with E-state index in [-0.39, 0.29) is 18.4 Å². The highest BCUT2D eigenvalue weighted by Crippen LogP contribution is 2.28. The van der Waals surface area contributed by atoms with Crippen LogP contribution in [-0.2, 0) is 28.9 Å². The van der Waals surface area contributed by atoms with E-state index in [2.05, 4.69) is 6.92 Å². The number of methoxy groups -OCH3 is 2. The average molecular weight is 595 g/mol. The van der Waals surface area contributed by atoms with Crippen LogP contribution in [0, 0.1) is 0 Å². The molecule has 42 heavy (non-hydrogen) atoms. The molecule has 0 bridgehead atoms. The molecule has 3 rings (SSSR count). The van der Waals surface area contributed by atoms with Crippen LogP contribution in [0.4, 0.5) is 0 Å². The fraction of sp³-hybridized carbons (Fsp3) is 0.471. The zero-order chi connectivity index (χ0) is 30.2. The standard InChI is InChI=1S/C34H46N2O5S/c1-5-7-8-11-27-13-16-29(17-14-27)34(38)36(20-10-22-41-6-2)26-33(37)35(25-30-12-9-23-42-30)21-19-28-15-18-31(39-3)32(24-28)40-4/h9,12-18,23-24H,5-8,10-11,19-22,25-26H2,1-4H3. The topological polar surface area (TPSA) is 68.3 Å². The molecule has 0 N–H and O–H groups in total. The third-order valence-electron chi connectivity index (χ3n) is 7.20. The molecule has 8 heteroatoms. The molecule has 7 nitrogen and oxygen atoms in total. The van der Waals surface area contributed by atoms with Crippen molar-refractivity contribution in [1.82, 2.24) is 9.80 Å². The molecule has 1 heterocycles. The first-order chi connectivity index (χ1) is 20.5. The van der Waals surface area contributed by atoms with E-state index in [4.69, 9.17) is 14.2 Å². The van der Waals surface area contributed by atoms with E-state index >= 15 is 0 Å². The first kappa shape index (κ1) is 33.1. The number of hydrogen-bond acceptors (Lipinski definition) is 6. The van der Waals surface area contributed by atoms with Crippen molar-refractivity contribution in [2.75, 3.05) is 47.1 Å². The molecule has 2 aromatic carbocycles. The Labute approximate surface area is 255 Å². The largest absolute Gasteiger partial charge is 0.493 e. The van der Waals surface area contributed by atoms with Gasteiger partial charge in [-0.25, -0.2) is 0 Å². The van der Waals surface area contributed by atoms with Crippen molar-refractivity contribution in [1.29, 1.82) is 0 Å². The molecule has 3 aromatic rings. The van der Waals surface area contributed by atoms with Crippen molar-refractivity contribution < 1.29 is 23.8 Å². The number of rotatable bonds is 19. The number of carbonyl (C=O) groups is 2. The third kappa shape index (κ3) is 10.5. The summed E-state index contributed by atoms with van der Waals surface area (Å²) in [4.78, 5) is 32.1. The number of aryl methyl sites for hydroxylation is 1. The summed E-state index contributed by atoms with van der Waals surface area (Å²) < 4.78 is 16.4. The van der Waals surface area contributed by atoms with Crippen molar-refractivity contribution in [2.24, 2.45) is 0 Å². The van der Waals surface area contributed by atoms with Gasteiger partial charge in [0.1, 0.15) is 6.54 Å². The van der Waals surface area contributed by atoms with Gasteiger partial charge in [0.25, 0.3) is 5.91 Å². The number of amides is 2. The van der Waals surface area contributed by atoms with E-state index in [0.717, 1.165) is 23.3 Å². The second-order valence-electron chi connectivity index (χ2n) is 10.3. The highest BCUT2D eigenvalue weighted by molar-refractivity contribution is 7.09. The smallest absolute Gasteiger partial charge is 0.254 e. The van der Waals surface area contributed by atoms with Crippen molar-refractivity contribution in [3.05, 3.63) is 81.5 Å². The third-order valence-corrected chi connectivity index (χ3v) is 8.06. The lowest BCUT2D eigenvalue weighted by Crippen LogP contribution is -2.44. The monoisotopic (exact) mass is 594 g/mol. The lowest BCUT2D eigenvalue weighted by Gasteiger charge is -2.28. The van der Waals surface area contributed by atoms with Crippen molar-refractivity contribution in [2.45, 2.75) is 58.9 Å². The van der Waals surface area contributed by atoms with Crippen LogP contribution in [0.15, 0.2) is 60.0 Å². The second kappa shape index (κ2) is 18.2. The highest BCUT2D eigenvalue weighted by Gasteiger charge is 2.23. The first-order valence-electron chi connectivity index (χ1n) is 15.0. The van der Waals surface area contributed by atoms with E-state index in [9.17, 15) is 9.59 Å². The van der Waals surface area contributed by atoms with Crippen molar-refractivity contribution in [3.63, 3.8) is 0 Å². The Morgan fingerprint density at radius 2 is 1.57 bits per heavy atom.